The Balaban J connectivity index is 0.000000186. The first kappa shape index (κ1) is 55.2. The van der Waals surface area contributed by atoms with E-state index in [1.54, 1.807) is 43.5 Å². The minimum Gasteiger partial charge on any atom is -0.0622 e. The number of rotatable bonds is 16. The molecule has 2 aliphatic carbocycles. The lowest BCUT2D eigenvalue weighted by Gasteiger charge is -2.32. The summed E-state index contributed by atoms with van der Waals surface area (Å²) >= 11 is 0. The van der Waals surface area contributed by atoms with Crippen LogP contribution in [-0.2, 0) is 0 Å². The van der Waals surface area contributed by atoms with Crippen molar-refractivity contribution in [2.24, 2.45) is 0 Å². The van der Waals surface area contributed by atoms with Gasteiger partial charge in [0.2, 0.25) is 0 Å². The van der Waals surface area contributed by atoms with Gasteiger partial charge in [-0.3, -0.25) is 0 Å². The zero-order valence-corrected chi connectivity index (χ0v) is 48.9. The standard InChI is InChI=1S/2C36H38P2/c2*1-3-35(37(29-19-9-5-10-20-29)30-21-11-6-12-22-30)33-27-17-18-28-34(33)36(4-2)38(31-23-13-7-14-24-31)32-25-15-8-16-26-32/h2*5-16,19-26H,3-4,17-18,27-28H2,1-2H3/b35-33-,36-34+;35-33-,36-34-. The van der Waals surface area contributed by atoms with E-state index in [1.165, 1.54) is 93.8 Å². The van der Waals surface area contributed by atoms with E-state index in [0.29, 0.717) is 0 Å². The van der Waals surface area contributed by atoms with Crippen LogP contribution < -0.4 is 42.4 Å². The molecule has 0 radical (unpaired) electrons. The molecule has 8 aromatic rings. The Morgan fingerprint density at radius 1 is 0.224 bits per heavy atom. The van der Waals surface area contributed by atoms with Crippen LogP contribution in [0.2, 0.25) is 0 Å². The molecule has 0 heterocycles. The Morgan fingerprint density at radius 2 is 0.355 bits per heavy atom. The number of hydrogen-bond acceptors (Lipinski definition) is 0. The quantitative estimate of drug-likeness (QED) is 0.0846. The average Bonchev–Trinajstić information content (AvgIpc) is 3.52. The van der Waals surface area contributed by atoms with Gasteiger partial charge in [-0.15, -0.1) is 0 Å². The molecule has 2 aliphatic rings. The van der Waals surface area contributed by atoms with E-state index in [2.05, 4.69) is 270 Å². The van der Waals surface area contributed by atoms with E-state index in [0.717, 1.165) is 25.7 Å². The molecule has 8 aromatic carbocycles. The molecule has 0 nitrogen and oxygen atoms in total. The Kier molecular flexibility index (Phi) is 20.9. The molecule has 2 saturated carbocycles. The molecule has 0 atom stereocenters. The summed E-state index contributed by atoms with van der Waals surface area (Å²) in [4.78, 5) is 0. The van der Waals surface area contributed by atoms with E-state index in [9.17, 15) is 0 Å². The highest BCUT2D eigenvalue weighted by molar-refractivity contribution is 7.78. The van der Waals surface area contributed by atoms with Crippen molar-refractivity contribution in [3.8, 4) is 0 Å². The number of hydrogen-bond donors (Lipinski definition) is 0. The highest BCUT2D eigenvalue weighted by Crippen LogP contribution is 2.56. The van der Waals surface area contributed by atoms with E-state index in [-0.39, 0.29) is 0 Å². The van der Waals surface area contributed by atoms with E-state index in [4.69, 9.17) is 0 Å². The van der Waals surface area contributed by atoms with E-state index in [1.807, 2.05) is 0 Å². The molecule has 0 amide bonds. The third-order valence-corrected chi connectivity index (χ3v) is 25.9. The van der Waals surface area contributed by atoms with Gasteiger partial charge in [0.1, 0.15) is 0 Å². The normalized spacial score (nSPS) is 16.5. The molecule has 0 saturated heterocycles. The second-order valence-electron chi connectivity index (χ2n) is 19.6. The van der Waals surface area contributed by atoms with E-state index < -0.39 is 31.7 Å². The lowest BCUT2D eigenvalue weighted by atomic mass is 9.88. The van der Waals surface area contributed by atoms with Gasteiger partial charge in [-0.2, -0.15) is 0 Å². The smallest absolute Gasteiger partial charge is 0.0154 e. The maximum absolute atomic E-state index is 2.39. The summed E-state index contributed by atoms with van der Waals surface area (Å²) in [6.07, 6.45) is 14.4. The highest BCUT2D eigenvalue weighted by atomic mass is 31.1. The van der Waals surface area contributed by atoms with Crippen LogP contribution in [-0.4, -0.2) is 0 Å². The molecule has 76 heavy (non-hydrogen) atoms. The summed E-state index contributed by atoms with van der Waals surface area (Å²) in [6.45, 7) is 9.55. The second-order valence-corrected chi connectivity index (χ2v) is 28.5. The summed E-state index contributed by atoms with van der Waals surface area (Å²) < 4.78 is 0. The monoisotopic (exact) mass is 1060 g/mol. The topological polar surface area (TPSA) is 0 Å². The zero-order valence-electron chi connectivity index (χ0n) is 45.4. The Morgan fingerprint density at radius 3 is 0.474 bits per heavy atom. The molecular weight excluding hydrogens is 989 g/mol. The average molecular weight is 1070 g/mol. The third kappa shape index (κ3) is 13.4. The van der Waals surface area contributed by atoms with Crippen molar-refractivity contribution in [1.29, 1.82) is 0 Å². The highest BCUT2D eigenvalue weighted by Gasteiger charge is 2.31. The molecule has 384 valence electrons. The summed E-state index contributed by atoms with van der Waals surface area (Å²) in [7, 11) is -2.28. The fourth-order valence-electron chi connectivity index (χ4n) is 11.6. The second kappa shape index (κ2) is 28.7. The summed E-state index contributed by atoms with van der Waals surface area (Å²) in [5, 5.41) is 18.4. The molecule has 0 N–H and O–H groups in total. The Labute approximate surface area is 462 Å². The van der Waals surface area contributed by atoms with Crippen LogP contribution in [0.5, 0.6) is 0 Å². The van der Waals surface area contributed by atoms with Crippen LogP contribution in [0.4, 0.5) is 0 Å². The molecule has 0 spiro atoms. The number of allylic oxidation sites excluding steroid dienone is 8. The van der Waals surface area contributed by atoms with Crippen LogP contribution in [0, 0.1) is 0 Å². The molecule has 0 bridgehead atoms. The fourth-order valence-corrected chi connectivity index (χ4v) is 22.3. The fraction of sp³-hybridized carbons (Fsp3) is 0.222. The number of benzene rings is 8. The van der Waals surface area contributed by atoms with Crippen LogP contribution >= 0.6 is 31.7 Å². The largest absolute Gasteiger partial charge is 0.0622 e. The lowest BCUT2D eigenvalue weighted by Crippen LogP contribution is -2.17. The van der Waals surface area contributed by atoms with Crippen LogP contribution in [0.25, 0.3) is 0 Å². The molecule has 0 aromatic heterocycles. The molecule has 0 aliphatic heterocycles. The SMILES string of the molecule is CC/C(=C1\CCCC\C1=C(/CC)P(c1ccccc1)c1ccccc1)P(c1ccccc1)c1ccccc1.CC/C(=C1\CCCC\C1=C(\CC)P(c1ccccc1)c1ccccc1)P(c1ccccc1)c1ccccc1. The summed E-state index contributed by atoms with van der Waals surface area (Å²) in [5.41, 5.74) is 6.70. The minimum atomic E-state index is -0.569. The van der Waals surface area contributed by atoms with Crippen molar-refractivity contribution in [2.45, 2.75) is 105 Å². The zero-order chi connectivity index (χ0) is 52.3. The van der Waals surface area contributed by atoms with Crippen LogP contribution in [0.3, 0.4) is 0 Å². The van der Waals surface area contributed by atoms with Crippen molar-refractivity contribution in [3.05, 3.63) is 286 Å². The maximum Gasteiger partial charge on any atom is -0.0154 e. The molecule has 4 heteroatoms. The predicted molar refractivity (Wildman–Crippen MR) is 342 cm³/mol. The molecule has 2 fully saturated rings. The molecule has 0 unspecified atom stereocenters. The Bertz CT molecular complexity index is 2550. The predicted octanol–water partition coefficient (Wildman–Crippen LogP) is 18.3. The van der Waals surface area contributed by atoms with Crippen molar-refractivity contribution >= 4 is 74.1 Å². The van der Waals surface area contributed by atoms with Gasteiger partial charge in [0.05, 0.1) is 0 Å². The first-order valence-electron chi connectivity index (χ1n) is 28.1. The van der Waals surface area contributed by atoms with Crippen molar-refractivity contribution in [2.75, 3.05) is 0 Å². The van der Waals surface area contributed by atoms with Gasteiger partial charge in [0.15, 0.2) is 0 Å². The minimum absolute atomic E-state index is 0.569. The Hall–Kier alpha value is -5.56. The summed E-state index contributed by atoms with van der Waals surface area (Å²) in [6, 6.07) is 90.2. The van der Waals surface area contributed by atoms with Gasteiger partial charge >= 0.3 is 0 Å². The third-order valence-electron chi connectivity index (χ3n) is 14.9. The van der Waals surface area contributed by atoms with Crippen molar-refractivity contribution < 1.29 is 0 Å². The molecular formula is C72H76P4. The van der Waals surface area contributed by atoms with Gasteiger partial charge in [-0.05, 0) is 195 Å². The van der Waals surface area contributed by atoms with Gasteiger partial charge in [0.25, 0.3) is 0 Å². The van der Waals surface area contributed by atoms with Gasteiger partial charge in [-0.25, -0.2) is 0 Å². The van der Waals surface area contributed by atoms with E-state index >= 15 is 0 Å². The first-order valence-corrected chi connectivity index (χ1v) is 33.5. The molecule has 10 rings (SSSR count). The van der Waals surface area contributed by atoms with Crippen molar-refractivity contribution in [3.63, 3.8) is 0 Å². The lowest BCUT2D eigenvalue weighted by molar-refractivity contribution is 0.671. The first-order chi connectivity index (χ1) is 37.6. The van der Waals surface area contributed by atoms with Crippen molar-refractivity contribution in [1.82, 2.24) is 0 Å². The van der Waals surface area contributed by atoms with Crippen LogP contribution in [0.15, 0.2) is 286 Å². The van der Waals surface area contributed by atoms with Gasteiger partial charge in [0, 0.05) is 0 Å². The van der Waals surface area contributed by atoms with Gasteiger partial charge in [-0.1, -0.05) is 270 Å². The van der Waals surface area contributed by atoms with Gasteiger partial charge < -0.3 is 0 Å². The maximum atomic E-state index is 2.39. The summed E-state index contributed by atoms with van der Waals surface area (Å²) in [5.74, 6) is 0. The van der Waals surface area contributed by atoms with Crippen LogP contribution in [0.1, 0.15) is 105 Å².